The lowest BCUT2D eigenvalue weighted by Gasteiger charge is -2.08. The van der Waals surface area contributed by atoms with Crippen molar-refractivity contribution in [3.8, 4) is 11.8 Å². The summed E-state index contributed by atoms with van der Waals surface area (Å²) >= 11 is 0. The molecule has 3 N–H and O–H groups in total. The first kappa shape index (κ1) is 13.6. The Kier molecular flexibility index (Phi) is 5.01. The Morgan fingerprint density at radius 1 is 1.35 bits per heavy atom. The van der Waals surface area contributed by atoms with Gasteiger partial charge in [-0.05, 0) is 18.6 Å². The van der Waals surface area contributed by atoms with Crippen molar-refractivity contribution in [2.75, 3.05) is 17.0 Å². The Bertz CT molecular complexity index is 527. The average Bonchev–Trinajstić information content (AvgIpc) is 2.27. The molecule has 0 heterocycles. The van der Waals surface area contributed by atoms with Crippen molar-refractivity contribution in [1.82, 2.24) is 0 Å². The lowest BCUT2D eigenvalue weighted by atomic mass is 10.2. The van der Waals surface area contributed by atoms with Crippen LogP contribution < -0.4 is 10.5 Å². The summed E-state index contributed by atoms with van der Waals surface area (Å²) in [6, 6.07) is 7.01. The van der Waals surface area contributed by atoms with Crippen LogP contribution in [-0.2, 0) is 10.0 Å². The smallest absolute Gasteiger partial charge is 0.232 e. The molecule has 0 saturated carbocycles. The largest absolute Gasteiger partial charge is 0.320 e. The molecule has 0 radical (unpaired) electrons. The van der Waals surface area contributed by atoms with E-state index >= 15 is 0 Å². The predicted octanol–water partition coefficient (Wildman–Crippen LogP) is 1.15. The number of hydrogen-bond donors (Lipinski definition) is 2. The fraction of sp³-hybridized carbons (Fsp3) is 0.333. The van der Waals surface area contributed by atoms with Crippen LogP contribution in [0.5, 0.6) is 0 Å². The topological polar surface area (TPSA) is 72.2 Å². The molecule has 0 bridgehead atoms. The minimum Gasteiger partial charge on any atom is -0.320 e. The van der Waals surface area contributed by atoms with Crippen LogP contribution in [-0.4, -0.2) is 20.7 Å². The molecule has 0 aliphatic rings. The number of para-hydroxylation sites is 1. The molecular formula is C12H16N2O2S. The van der Waals surface area contributed by atoms with Crippen molar-refractivity contribution in [1.29, 1.82) is 0 Å². The number of nitrogens with two attached hydrogens (primary N) is 1. The van der Waals surface area contributed by atoms with E-state index in [0.29, 0.717) is 17.7 Å². The van der Waals surface area contributed by atoms with E-state index in [4.69, 9.17) is 5.73 Å². The Balaban J connectivity index is 2.99. The monoisotopic (exact) mass is 252 g/mol. The Morgan fingerprint density at radius 3 is 2.71 bits per heavy atom. The van der Waals surface area contributed by atoms with Crippen molar-refractivity contribution in [2.45, 2.75) is 13.3 Å². The second-order valence-corrected chi connectivity index (χ2v) is 5.31. The van der Waals surface area contributed by atoms with Crippen molar-refractivity contribution in [3.05, 3.63) is 29.8 Å². The van der Waals surface area contributed by atoms with Crippen molar-refractivity contribution < 1.29 is 8.42 Å². The van der Waals surface area contributed by atoms with Gasteiger partial charge in [-0.3, -0.25) is 4.72 Å². The van der Waals surface area contributed by atoms with Gasteiger partial charge in [0.05, 0.1) is 18.0 Å². The number of anilines is 1. The molecule has 0 amide bonds. The summed E-state index contributed by atoms with van der Waals surface area (Å²) in [5, 5.41) is 0. The summed E-state index contributed by atoms with van der Waals surface area (Å²) < 4.78 is 25.8. The van der Waals surface area contributed by atoms with E-state index in [9.17, 15) is 8.42 Å². The third kappa shape index (κ3) is 4.47. The van der Waals surface area contributed by atoms with Crippen LogP contribution in [0.3, 0.4) is 0 Å². The van der Waals surface area contributed by atoms with Gasteiger partial charge in [-0.1, -0.05) is 30.9 Å². The molecule has 0 saturated heterocycles. The fourth-order valence-corrected chi connectivity index (χ4v) is 2.47. The van der Waals surface area contributed by atoms with Crippen LogP contribution >= 0.6 is 0 Å². The third-order valence-corrected chi connectivity index (χ3v) is 3.47. The highest BCUT2D eigenvalue weighted by Crippen LogP contribution is 2.15. The summed E-state index contributed by atoms with van der Waals surface area (Å²) in [4.78, 5) is 0. The Morgan fingerprint density at radius 2 is 2.06 bits per heavy atom. The van der Waals surface area contributed by atoms with Gasteiger partial charge in [-0.15, -0.1) is 0 Å². The first-order valence-corrected chi connectivity index (χ1v) is 7.02. The van der Waals surface area contributed by atoms with E-state index in [2.05, 4.69) is 16.6 Å². The van der Waals surface area contributed by atoms with Gasteiger partial charge in [0.15, 0.2) is 0 Å². The summed E-state index contributed by atoms with van der Waals surface area (Å²) in [6.45, 7) is 2.06. The zero-order valence-corrected chi connectivity index (χ0v) is 10.5. The van der Waals surface area contributed by atoms with Gasteiger partial charge >= 0.3 is 0 Å². The van der Waals surface area contributed by atoms with Crippen LogP contribution in [0.15, 0.2) is 24.3 Å². The van der Waals surface area contributed by atoms with Gasteiger partial charge in [0.2, 0.25) is 10.0 Å². The minimum absolute atomic E-state index is 0.103. The van der Waals surface area contributed by atoms with E-state index in [1.807, 2.05) is 6.92 Å². The molecule has 1 aromatic carbocycles. The second-order valence-electron chi connectivity index (χ2n) is 3.47. The molecule has 5 heteroatoms. The average molecular weight is 252 g/mol. The van der Waals surface area contributed by atoms with Crippen LogP contribution in [0.1, 0.15) is 18.9 Å². The zero-order chi connectivity index (χ0) is 12.7. The lowest BCUT2D eigenvalue weighted by Crippen LogP contribution is -2.16. The number of sulfonamides is 1. The quantitative estimate of drug-likeness (QED) is 0.790. The fourth-order valence-electron chi connectivity index (χ4n) is 1.31. The molecule has 0 aliphatic carbocycles. The Labute approximate surface area is 102 Å². The first-order valence-electron chi connectivity index (χ1n) is 5.37. The van der Waals surface area contributed by atoms with Crippen LogP contribution in [0.25, 0.3) is 0 Å². The molecule has 17 heavy (non-hydrogen) atoms. The molecule has 4 nitrogen and oxygen atoms in total. The minimum atomic E-state index is -3.28. The second kappa shape index (κ2) is 6.28. The molecular weight excluding hydrogens is 236 g/mol. The highest BCUT2D eigenvalue weighted by molar-refractivity contribution is 7.92. The molecule has 0 spiro atoms. The van der Waals surface area contributed by atoms with Crippen LogP contribution in [0.4, 0.5) is 5.69 Å². The van der Waals surface area contributed by atoms with Gasteiger partial charge in [-0.2, -0.15) is 0 Å². The summed E-state index contributed by atoms with van der Waals surface area (Å²) in [5.74, 6) is 5.64. The molecule has 0 unspecified atom stereocenters. The standard InChI is InChI=1S/C12H16N2O2S/c1-2-10-17(15,16)14-12-8-4-3-6-11(12)7-5-9-13/h3-4,6,8,14H,2,9-10,13H2,1H3. The summed E-state index contributed by atoms with van der Waals surface area (Å²) in [7, 11) is -3.28. The van der Waals surface area contributed by atoms with Crippen molar-refractivity contribution in [3.63, 3.8) is 0 Å². The lowest BCUT2D eigenvalue weighted by molar-refractivity contribution is 0.600. The van der Waals surface area contributed by atoms with Gasteiger partial charge in [-0.25, -0.2) is 8.42 Å². The SMILES string of the molecule is CCCS(=O)(=O)Nc1ccccc1C#CCN. The highest BCUT2D eigenvalue weighted by atomic mass is 32.2. The van der Waals surface area contributed by atoms with Gasteiger partial charge < -0.3 is 5.73 Å². The van der Waals surface area contributed by atoms with E-state index in [1.54, 1.807) is 24.3 Å². The number of hydrogen-bond acceptors (Lipinski definition) is 3. The maximum absolute atomic E-state index is 11.6. The van der Waals surface area contributed by atoms with Crippen molar-refractivity contribution >= 4 is 15.7 Å². The molecule has 1 rings (SSSR count). The van der Waals surface area contributed by atoms with Crippen molar-refractivity contribution in [2.24, 2.45) is 5.73 Å². The van der Waals surface area contributed by atoms with E-state index in [0.717, 1.165) is 0 Å². The normalized spacial score (nSPS) is 10.5. The van der Waals surface area contributed by atoms with Crippen LogP contribution in [0, 0.1) is 11.8 Å². The van der Waals surface area contributed by atoms with Gasteiger partial charge in [0.25, 0.3) is 0 Å². The molecule has 0 aliphatic heterocycles. The molecule has 0 aromatic heterocycles. The maximum Gasteiger partial charge on any atom is 0.232 e. The number of rotatable bonds is 4. The molecule has 92 valence electrons. The summed E-state index contributed by atoms with van der Waals surface area (Å²) in [5.41, 5.74) is 6.43. The van der Waals surface area contributed by atoms with Crippen LogP contribution in [0.2, 0.25) is 0 Å². The number of benzene rings is 1. The highest BCUT2D eigenvalue weighted by Gasteiger charge is 2.10. The van der Waals surface area contributed by atoms with E-state index in [-0.39, 0.29) is 12.3 Å². The Hall–Kier alpha value is -1.51. The molecule has 0 fully saturated rings. The third-order valence-electron chi connectivity index (χ3n) is 1.99. The van der Waals surface area contributed by atoms with Gasteiger partial charge in [0.1, 0.15) is 0 Å². The summed E-state index contributed by atoms with van der Waals surface area (Å²) in [6.07, 6.45) is 0.575. The van der Waals surface area contributed by atoms with E-state index in [1.165, 1.54) is 0 Å². The van der Waals surface area contributed by atoms with Gasteiger partial charge in [0, 0.05) is 5.56 Å². The van der Waals surface area contributed by atoms with E-state index < -0.39 is 10.0 Å². The maximum atomic E-state index is 11.6. The zero-order valence-electron chi connectivity index (χ0n) is 9.73. The molecule has 0 atom stereocenters. The number of nitrogens with one attached hydrogen (secondary N) is 1. The first-order chi connectivity index (χ1) is 8.09. The molecule has 1 aromatic rings. The predicted molar refractivity (Wildman–Crippen MR) is 70.1 cm³/mol.